The van der Waals surface area contributed by atoms with E-state index in [-0.39, 0.29) is 17.2 Å². The van der Waals surface area contributed by atoms with Crippen molar-refractivity contribution in [1.82, 2.24) is 15.1 Å². The molecule has 3 aliphatic rings. The zero-order valence-electron chi connectivity index (χ0n) is 16.8. The van der Waals surface area contributed by atoms with Crippen molar-refractivity contribution >= 4 is 29.3 Å². The fourth-order valence-corrected chi connectivity index (χ4v) is 5.21. The van der Waals surface area contributed by atoms with Crippen LogP contribution in [0.5, 0.6) is 0 Å². The van der Waals surface area contributed by atoms with E-state index in [1.165, 1.54) is 6.42 Å². The van der Waals surface area contributed by atoms with Crippen LogP contribution in [0.1, 0.15) is 36.0 Å². The van der Waals surface area contributed by atoms with Gasteiger partial charge in [0.05, 0.1) is 18.9 Å². The summed E-state index contributed by atoms with van der Waals surface area (Å²) in [4.78, 5) is 30.8. The lowest BCUT2D eigenvalue weighted by atomic mass is 10.1. The van der Waals surface area contributed by atoms with Gasteiger partial charge in [-0.3, -0.25) is 19.4 Å². The Labute approximate surface area is 176 Å². The quantitative estimate of drug-likeness (QED) is 0.689. The standard InChI is InChI=1S/C21H30N4O3S/c26-19(22-7-4-8-24-11-13-28-14-12-24)16-5-6-18-17(15-16)23-20(27)21(29-18)25-9-2-1-3-10-25/h5-6,15,21H,1-4,7-14H2,(H,22,26)(H,23,27). The topological polar surface area (TPSA) is 73.9 Å². The van der Waals surface area contributed by atoms with Crippen LogP contribution < -0.4 is 10.6 Å². The van der Waals surface area contributed by atoms with Gasteiger partial charge in [-0.2, -0.15) is 0 Å². The van der Waals surface area contributed by atoms with Crippen LogP contribution in [-0.4, -0.2) is 79.5 Å². The highest BCUT2D eigenvalue weighted by Gasteiger charge is 2.33. The molecule has 4 rings (SSSR count). The third-order valence-electron chi connectivity index (χ3n) is 5.73. The predicted molar refractivity (Wildman–Crippen MR) is 114 cm³/mol. The summed E-state index contributed by atoms with van der Waals surface area (Å²) >= 11 is 1.60. The molecule has 1 aromatic carbocycles. The van der Waals surface area contributed by atoms with Gasteiger partial charge in [0.25, 0.3) is 11.8 Å². The molecular formula is C21H30N4O3S. The number of rotatable bonds is 6. The van der Waals surface area contributed by atoms with E-state index in [4.69, 9.17) is 4.74 Å². The van der Waals surface area contributed by atoms with Crippen LogP contribution in [0, 0.1) is 0 Å². The van der Waals surface area contributed by atoms with Gasteiger partial charge >= 0.3 is 0 Å². The number of hydrogen-bond acceptors (Lipinski definition) is 6. The van der Waals surface area contributed by atoms with Crippen LogP contribution in [0.3, 0.4) is 0 Å². The average molecular weight is 419 g/mol. The Balaban J connectivity index is 1.29. The van der Waals surface area contributed by atoms with E-state index in [0.717, 1.165) is 75.8 Å². The minimum Gasteiger partial charge on any atom is -0.379 e. The number of thioether (sulfide) groups is 1. The van der Waals surface area contributed by atoms with Crippen LogP contribution >= 0.6 is 11.8 Å². The molecule has 2 fully saturated rings. The number of piperidine rings is 1. The number of benzene rings is 1. The van der Waals surface area contributed by atoms with Crippen molar-refractivity contribution in [1.29, 1.82) is 0 Å². The van der Waals surface area contributed by atoms with Gasteiger partial charge in [0, 0.05) is 30.1 Å². The van der Waals surface area contributed by atoms with Crippen LogP contribution in [-0.2, 0) is 9.53 Å². The number of anilines is 1. The molecule has 29 heavy (non-hydrogen) atoms. The third kappa shape index (κ3) is 5.31. The summed E-state index contributed by atoms with van der Waals surface area (Å²) in [5, 5.41) is 5.84. The molecule has 0 spiro atoms. The fourth-order valence-electron chi connectivity index (χ4n) is 4.06. The van der Waals surface area contributed by atoms with Gasteiger partial charge in [-0.1, -0.05) is 18.2 Å². The molecular weight excluding hydrogens is 388 g/mol. The van der Waals surface area contributed by atoms with Crippen LogP contribution in [0.2, 0.25) is 0 Å². The number of fused-ring (bicyclic) bond motifs is 1. The van der Waals surface area contributed by atoms with Gasteiger partial charge in [-0.05, 0) is 57.1 Å². The normalized spacial score (nSPS) is 23.3. The Bertz CT molecular complexity index is 733. The van der Waals surface area contributed by atoms with Gasteiger partial charge in [0.15, 0.2) is 0 Å². The summed E-state index contributed by atoms with van der Waals surface area (Å²) in [6, 6.07) is 5.61. The molecule has 158 valence electrons. The molecule has 3 aliphatic heterocycles. The van der Waals surface area contributed by atoms with Gasteiger partial charge in [-0.25, -0.2) is 0 Å². The number of likely N-dealkylation sites (tertiary alicyclic amines) is 1. The van der Waals surface area contributed by atoms with E-state index in [1.54, 1.807) is 17.8 Å². The number of carbonyl (C=O) groups is 2. The number of nitrogens with one attached hydrogen (secondary N) is 2. The SMILES string of the molecule is O=C(NCCCN1CCOCC1)c1ccc2c(c1)NC(=O)C(N1CCCCC1)S2. The van der Waals surface area contributed by atoms with Gasteiger partial charge in [0.2, 0.25) is 0 Å². The second-order valence-corrected chi connectivity index (χ2v) is 8.95. The van der Waals surface area contributed by atoms with Crippen molar-refractivity contribution < 1.29 is 14.3 Å². The Hall–Kier alpha value is -1.61. The Morgan fingerprint density at radius 1 is 1.17 bits per heavy atom. The van der Waals surface area contributed by atoms with Crippen molar-refractivity contribution in [2.75, 3.05) is 57.8 Å². The van der Waals surface area contributed by atoms with Gasteiger partial charge in [0.1, 0.15) is 5.37 Å². The number of amides is 2. The smallest absolute Gasteiger partial charge is 0.252 e. The highest BCUT2D eigenvalue weighted by Crippen LogP contribution is 2.38. The number of carbonyl (C=O) groups excluding carboxylic acids is 2. The number of morpholine rings is 1. The maximum Gasteiger partial charge on any atom is 0.252 e. The molecule has 0 aliphatic carbocycles. The zero-order valence-corrected chi connectivity index (χ0v) is 17.6. The molecule has 8 heteroatoms. The lowest BCUT2D eigenvalue weighted by Gasteiger charge is -2.35. The van der Waals surface area contributed by atoms with Crippen molar-refractivity contribution in [2.24, 2.45) is 0 Å². The van der Waals surface area contributed by atoms with E-state index < -0.39 is 0 Å². The summed E-state index contributed by atoms with van der Waals surface area (Å²) in [6.45, 7) is 7.09. The fraction of sp³-hybridized carbons (Fsp3) is 0.619. The first kappa shape index (κ1) is 20.7. The summed E-state index contributed by atoms with van der Waals surface area (Å²) in [6.07, 6.45) is 4.47. The largest absolute Gasteiger partial charge is 0.379 e. The first-order chi connectivity index (χ1) is 14.2. The van der Waals surface area contributed by atoms with Crippen LogP contribution in [0.25, 0.3) is 0 Å². The first-order valence-electron chi connectivity index (χ1n) is 10.6. The van der Waals surface area contributed by atoms with Crippen molar-refractivity contribution in [2.45, 2.75) is 36.0 Å². The molecule has 1 atom stereocenters. The average Bonchev–Trinajstić information content (AvgIpc) is 2.77. The van der Waals surface area contributed by atoms with E-state index in [2.05, 4.69) is 20.4 Å². The highest BCUT2D eigenvalue weighted by molar-refractivity contribution is 8.00. The number of hydrogen-bond donors (Lipinski definition) is 2. The van der Waals surface area contributed by atoms with Crippen molar-refractivity contribution in [3.63, 3.8) is 0 Å². The molecule has 7 nitrogen and oxygen atoms in total. The van der Waals surface area contributed by atoms with E-state index >= 15 is 0 Å². The van der Waals surface area contributed by atoms with E-state index in [9.17, 15) is 9.59 Å². The van der Waals surface area contributed by atoms with Gasteiger partial charge < -0.3 is 15.4 Å². The van der Waals surface area contributed by atoms with Crippen molar-refractivity contribution in [3.8, 4) is 0 Å². The second-order valence-electron chi connectivity index (χ2n) is 7.83. The van der Waals surface area contributed by atoms with Crippen LogP contribution in [0.15, 0.2) is 23.1 Å². The molecule has 1 aromatic rings. The maximum atomic E-state index is 12.6. The monoisotopic (exact) mass is 418 g/mol. The third-order valence-corrected chi connectivity index (χ3v) is 7.07. The lowest BCUT2D eigenvalue weighted by Crippen LogP contribution is -2.46. The molecule has 2 N–H and O–H groups in total. The van der Waals surface area contributed by atoms with Crippen molar-refractivity contribution in [3.05, 3.63) is 23.8 Å². The zero-order chi connectivity index (χ0) is 20.1. The lowest BCUT2D eigenvalue weighted by molar-refractivity contribution is -0.118. The summed E-state index contributed by atoms with van der Waals surface area (Å²) in [5.41, 5.74) is 1.33. The molecule has 2 saturated heterocycles. The molecule has 0 aromatic heterocycles. The highest BCUT2D eigenvalue weighted by atomic mass is 32.2. The van der Waals surface area contributed by atoms with Crippen LogP contribution in [0.4, 0.5) is 5.69 Å². The summed E-state index contributed by atoms with van der Waals surface area (Å²) < 4.78 is 5.35. The summed E-state index contributed by atoms with van der Waals surface area (Å²) in [5.74, 6) is -0.0698. The second kappa shape index (κ2) is 9.93. The maximum absolute atomic E-state index is 12.6. The first-order valence-corrected chi connectivity index (χ1v) is 11.5. The minimum atomic E-state index is -0.164. The Kier molecular flexibility index (Phi) is 7.07. The minimum absolute atomic E-state index is 0.0208. The molecule has 2 amide bonds. The number of ether oxygens (including phenoxy) is 1. The Morgan fingerprint density at radius 3 is 2.76 bits per heavy atom. The number of nitrogens with zero attached hydrogens (tertiary/aromatic N) is 2. The summed E-state index contributed by atoms with van der Waals surface area (Å²) in [7, 11) is 0. The molecule has 3 heterocycles. The van der Waals surface area contributed by atoms with E-state index in [1.807, 2.05) is 12.1 Å². The van der Waals surface area contributed by atoms with E-state index in [0.29, 0.717) is 12.1 Å². The molecule has 0 saturated carbocycles. The molecule has 0 radical (unpaired) electrons. The van der Waals surface area contributed by atoms with Gasteiger partial charge in [-0.15, -0.1) is 0 Å². The Morgan fingerprint density at radius 2 is 1.97 bits per heavy atom. The molecule has 1 unspecified atom stereocenters. The molecule has 0 bridgehead atoms. The predicted octanol–water partition coefficient (Wildman–Crippen LogP) is 1.99.